The molecule has 6 unspecified atom stereocenters. The van der Waals surface area contributed by atoms with Gasteiger partial charge in [0.15, 0.2) is 41.5 Å². The van der Waals surface area contributed by atoms with E-state index in [1.807, 2.05) is 0 Å². The number of carbonyl (C=O) groups is 4. The molecular formula is C42H68Li6N14O34P6S2. The number of phosphoric ester groups is 6. The Labute approximate surface area is 673 Å². The summed E-state index contributed by atoms with van der Waals surface area (Å²) in [4.78, 5) is 167. The summed E-state index contributed by atoms with van der Waals surface area (Å²) in [5, 5.41) is 50.7. The number of amides is 4. The largest absolute Gasteiger partial charge is 1.00 e. The van der Waals surface area contributed by atoms with E-state index in [2.05, 4.69) is 117 Å². The van der Waals surface area contributed by atoms with Crippen LogP contribution in [0.2, 0.25) is 0 Å². The molecule has 0 bridgehead atoms. The quantitative estimate of drug-likeness (QED) is 0.00655. The third-order valence-electron chi connectivity index (χ3n) is 13.1. The maximum Gasteiger partial charge on any atom is 1.00 e. The summed E-state index contributed by atoms with van der Waals surface area (Å²) in [6, 6.07) is 0. The number of hydrogen-bond acceptors (Lipinski definition) is 41. The Morgan fingerprint density at radius 1 is 0.567 bits per heavy atom. The average Bonchev–Trinajstić information content (AvgIpc) is 1.61. The molecule has 558 valence electrons. The molecule has 0 aromatic carbocycles. The van der Waals surface area contributed by atoms with Gasteiger partial charge < -0.3 is 129 Å². The van der Waals surface area contributed by atoms with Gasteiger partial charge in [-0.15, -0.1) is 0 Å². The minimum absolute atomic E-state index is 0. The van der Waals surface area contributed by atoms with Gasteiger partial charge in [-0.2, -0.15) is 25.3 Å². The van der Waals surface area contributed by atoms with Gasteiger partial charge in [-0.1, -0.05) is 27.7 Å². The van der Waals surface area contributed by atoms with Gasteiger partial charge in [0, 0.05) is 61.4 Å². The fourth-order valence-electron chi connectivity index (χ4n) is 8.33. The maximum absolute atomic E-state index is 12.5. The fraction of sp³-hybridized carbons (Fsp3) is 0.667. The fourth-order valence-corrected chi connectivity index (χ4v) is 14.0. The molecule has 4 amide bonds. The number of imidazole rings is 2. The van der Waals surface area contributed by atoms with Gasteiger partial charge in [0.1, 0.15) is 66.4 Å². The Morgan fingerprint density at radius 2 is 0.913 bits per heavy atom. The number of aliphatic hydroxyl groups excluding tert-OH is 3. The molecule has 0 aliphatic carbocycles. The van der Waals surface area contributed by atoms with Crippen LogP contribution in [-0.2, 0) is 96.7 Å². The molecule has 4 aromatic heterocycles. The SMILES string of the molecule is CC(C)(COP(=O)([O-])OP(=O)([O-])OC[C@H]1O[C@@H](n2cnc3c(N)ncnc32)[C@H](O)[C@@H]1OP(=O)([O-])O)[C@@H](O)C(=O)NCCC(=O)NCCS.CC(C)(COP(=O)([O-])OP(=O)([O-])OC[C@H]1O[C@@H](n2cnc3c(N)ncnc32)[C@H](OO)[C@@H]1OP(=O)([O-])O)[C@@H](O)C(=O)NCCC(=O)NCCS.O.[Li+].[Li+].[Li+].[Li+].[Li+].[Li+]. The van der Waals surface area contributed by atoms with Gasteiger partial charge in [-0.05, 0) is 0 Å². The number of carbonyl (C=O) groups excluding carboxylic acids is 4. The summed E-state index contributed by atoms with van der Waals surface area (Å²) in [6.07, 6.45) is -14.4. The Hall–Kier alpha value is -0.716. The molecule has 2 aliphatic heterocycles. The number of nitrogens with one attached hydrogen (secondary N) is 4. The second-order valence-corrected chi connectivity index (χ2v) is 30.6. The minimum atomic E-state index is -5.90. The molecule has 62 heteroatoms. The van der Waals surface area contributed by atoms with E-state index in [9.17, 15) is 106 Å². The number of nitrogens with zero attached hydrogens (tertiary/aromatic N) is 8. The van der Waals surface area contributed by atoms with Crippen LogP contribution >= 0.6 is 72.2 Å². The zero-order chi connectivity index (χ0) is 72.9. The third-order valence-corrected chi connectivity index (χ3v) is 19.6. The minimum Gasteiger partial charge on any atom is -0.756 e. The Bertz CT molecular complexity index is 3700. The van der Waals surface area contributed by atoms with Gasteiger partial charge in [0.2, 0.25) is 23.6 Å². The zero-order valence-electron chi connectivity index (χ0n) is 57.1. The van der Waals surface area contributed by atoms with Gasteiger partial charge >= 0.3 is 113 Å². The van der Waals surface area contributed by atoms with Crippen molar-refractivity contribution in [1.29, 1.82) is 0 Å². The van der Waals surface area contributed by atoms with Crippen LogP contribution in [0.15, 0.2) is 25.3 Å². The Morgan fingerprint density at radius 3 is 1.28 bits per heavy atom. The standard InChI is InChI=1S/C21H36N7O17P3S.C21H36N7O16P3S.6Li.H2O/c1-21(2,16(30)19(31)24-4-3-12(29)23-5-6-49)8-41-48(38,39)45-47(36,37)40-7-11-14(44-46(33,34)35)15(43-32)20(42-11)28-10-27-13-17(22)25-9-26-18(13)28;1-21(2,16(31)19(32)24-4-3-12(29)23-5-6-48)8-41-47(38,39)44-46(36,37)40-7-11-15(43-45(33,34)35)14(30)20(42-11)28-10-27-13-17(22)25-9-26-18(13)28;;;;;;;/h9-11,14-16,20,30,32,49H,3-8H2,1-2H3,(H,23,29)(H,24,31)(H,36,37)(H,38,39)(H2,22,25,26)(H2,33,34,35);9-11,14-16,20,30-31,48H,3-8H2,1-2H3,(H,23,29)(H,24,32)(H,36,37)(H,38,39)(H2,22,25,26)(H2,33,34,35);;;;;;;1H2/q;;6*+1;/p-6/t2*11-,14-,15-,16+,20-;;;;;;;/m11......./s1. The molecule has 104 heavy (non-hydrogen) atoms. The van der Waals surface area contributed by atoms with Gasteiger partial charge in [0.25, 0.3) is 46.9 Å². The number of fused-ring (bicyclic) bond motifs is 2. The van der Waals surface area contributed by atoms with Crippen LogP contribution in [-0.4, -0.2) is 211 Å². The van der Waals surface area contributed by atoms with Crippen molar-refractivity contribution in [2.45, 2.75) is 102 Å². The van der Waals surface area contributed by atoms with E-state index in [1.54, 1.807) is 0 Å². The number of rotatable bonds is 37. The first-order chi connectivity index (χ1) is 44.9. The summed E-state index contributed by atoms with van der Waals surface area (Å²) >= 11 is 7.88. The smallest absolute Gasteiger partial charge is 0.756 e. The van der Waals surface area contributed by atoms with Gasteiger partial charge in [-0.25, -0.2) is 43.4 Å². The van der Waals surface area contributed by atoms with Crippen molar-refractivity contribution in [2.75, 3.05) is 75.6 Å². The predicted octanol–water partition coefficient (Wildman–Crippen LogP) is -25.4. The predicted molar refractivity (Wildman–Crippen MR) is 319 cm³/mol. The Balaban J connectivity index is -0.00000184. The van der Waals surface area contributed by atoms with Crippen molar-refractivity contribution in [2.24, 2.45) is 10.8 Å². The molecule has 0 spiro atoms. The van der Waals surface area contributed by atoms with Crippen LogP contribution in [0.1, 0.15) is 53.0 Å². The number of aliphatic hydroxyl groups is 3. The molecule has 2 fully saturated rings. The molecule has 0 radical (unpaired) electrons. The molecule has 2 aliphatic rings. The number of thiol groups is 2. The van der Waals surface area contributed by atoms with Gasteiger partial charge in [-0.3, -0.25) is 61.0 Å². The van der Waals surface area contributed by atoms with Crippen LogP contribution in [0.3, 0.4) is 0 Å². The van der Waals surface area contributed by atoms with Crippen LogP contribution < -0.4 is 175 Å². The molecule has 16 N–H and O–H groups in total. The number of nitrogen functional groups attached to an aromatic ring is 2. The monoisotopic (exact) mass is 1600 g/mol. The van der Waals surface area contributed by atoms with Crippen molar-refractivity contribution in [3.05, 3.63) is 25.3 Å². The number of aromatic nitrogens is 8. The molecular weight excluding hydrogens is 1540 g/mol. The van der Waals surface area contributed by atoms with Crippen LogP contribution in [0.25, 0.3) is 22.3 Å². The van der Waals surface area contributed by atoms with Crippen LogP contribution in [0, 0.1) is 10.8 Å². The van der Waals surface area contributed by atoms with E-state index in [1.165, 1.54) is 27.7 Å². The second kappa shape index (κ2) is 46.5. The number of anilines is 2. The average molecular weight is 1600 g/mol. The van der Waals surface area contributed by atoms with Crippen molar-refractivity contribution >= 4 is 130 Å². The van der Waals surface area contributed by atoms with Crippen molar-refractivity contribution in [3.8, 4) is 0 Å². The molecule has 48 nitrogen and oxygen atoms in total. The molecule has 4 aromatic rings. The van der Waals surface area contributed by atoms with Crippen molar-refractivity contribution in [1.82, 2.24) is 60.3 Å². The number of ether oxygens (including phenoxy) is 2. The summed E-state index contributed by atoms with van der Waals surface area (Å²) in [5.41, 5.74) is 8.26. The van der Waals surface area contributed by atoms with Crippen molar-refractivity contribution in [3.63, 3.8) is 0 Å². The first-order valence-electron chi connectivity index (χ1n) is 27.4. The first kappa shape index (κ1) is 107. The van der Waals surface area contributed by atoms with Gasteiger partial charge in [0.05, 0.1) is 39.1 Å². The Kier molecular flexibility index (Phi) is 48.0. The summed E-state index contributed by atoms with van der Waals surface area (Å²) in [5.74, 6) is -2.10. The number of nitrogens with two attached hydrogens (primary N) is 2. The molecule has 0 saturated carbocycles. The molecule has 6 heterocycles. The summed E-state index contributed by atoms with van der Waals surface area (Å²) < 4.78 is 121. The van der Waals surface area contributed by atoms with Crippen LogP contribution in [0.5, 0.6) is 0 Å². The van der Waals surface area contributed by atoms with E-state index in [0.717, 1.165) is 34.4 Å². The van der Waals surface area contributed by atoms with E-state index < -0.39 is 163 Å². The number of hydrogen-bond donors (Lipinski definition) is 14. The van der Waals surface area contributed by atoms with Crippen LogP contribution in [0.4, 0.5) is 11.6 Å². The normalized spacial score (nSPS) is 22.6. The van der Waals surface area contributed by atoms with E-state index in [0.29, 0.717) is 24.6 Å². The summed E-state index contributed by atoms with van der Waals surface area (Å²) in [7, 11) is -34.5. The van der Waals surface area contributed by atoms with E-state index >= 15 is 0 Å². The second-order valence-electron chi connectivity index (χ2n) is 21.5. The van der Waals surface area contributed by atoms with E-state index in [4.69, 9.17) is 20.9 Å². The molecule has 2 saturated heterocycles. The third kappa shape index (κ3) is 33.2. The van der Waals surface area contributed by atoms with Crippen molar-refractivity contribution < 1.29 is 275 Å². The summed E-state index contributed by atoms with van der Waals surface area (Å²) in [6.45, 7) is 0.692. The van der Waals surface area contributed by atoms with E-state index in [-0.39, 0.29) is 184 Å². The first-order valence-corrected chi connectivity index (χ1v) is 37.5. The maximum atomic E-state index is 12.5. The molecule has 16 atom stereocenters. The zero-order valence-corrected chi connectivity index (χ0v) is 64.2. The number of phosphoric acid groups is 6. The topological polar surface area (TPSA) is 751 Å². The molecule has 6 rings (SSSR count).